The maximum Gasteiger partial charge on any atom is 2.00 e. The van der Waals surface area contributed by atoms with Crippen LogP contribution in [0.2, 0.25) is 0 Å². The maximum absolute atomic E-state index is 2.27. The maximum atomic E-state index is 2.27. The average Bonchev–Trinajstić information content (AvgIpc) is 1.62. The molecule has 0 amide bonds. The van der Waals surface area contributed by atoms with E-state index in [-0.39, 0.29) is 45.9 Å². The third kappa shape index (κ3) is 10.7. The molecule has 0 N–H and O–H groups in total. The number of hydrogen-bond acceptors (Lipinski definition) is 0. The zero-order valence-corrected chi connectivity index (χ0v) is 9.99. The first-order chi connectivity index (χ1) is 4.00. The van der Waals surface area contributed by atoms with Crippen LogP contribution in [0.25, 0.3) is 0 Å². The second-order valence-corrected chi connectivity index (χ2v) is 2.10. The summed E-state index contributed by atoms with van der Waals surface area (Å²) in [4.78, 5) is 0. The fourth-order valence-electron chi connectivity index (χ4n) is 0.856. The summed E-state index contributed by atoms with van der Waals surface area (Å²) < 4.78 is 0. The molecule has 1 aliphatic rings. The van der Waals surface area contributed by atoms with Gasteiger partial charge in [0.25, 0.3) is 0 Å². The molecule has 0 heterocycles. The van der Waals surface area contributed by atoms with Gasteiger partial charge >= 0.3 is 21.1 Å². The second kappa shape index (κ2) is 13.3. The van der Waals surface area contributed by atoms with Crippen LogP contribution in [0.1, 0.15) is 25.7 Å². The summed E-state index contributed by atoms with van der Waals surface area (Å²) in [5.41, 5.74) is 0. The van der Waals surface area contributed by atoms with Gasteiger partial charge in [0.05, 0.1) is 0 Å². The van der Waals surface area contributed by atoms with Gasteiger partial charge < -0.3 is 24.8 Å². The molecule has 0 nitrogen and oxygen atoms in total. The Balaban J connectivity index is -0.000000213. The van der Waals surface area contributed by atoms with Crippen molar-refractivity contribution in [1.82, 2.24) is 0 Å². The molecule has 1 rings (SSSR count). The molecule has 0 bridgehead atoms. The van der Waals surface area contributed by atoms with Gasteiger partial charge in [-0.2, -0.15) is 0 Å². The Bertz CT molecular complexity index is 84.7. The summed E-state index contributed by atoms with van der Waals surface area (Å²) in [7, 11) is 0. The van der Waals surface area contributed by atoms with E-state index in [1.165, 1.54) is 25.7 Å². The van der Waals surface area contributed by atoms with Crippen molar-refractivity contribution in [3.63, 3.8) is 0 Å². The van der Waals surface area contributed by atoms with Crippen LogP contribution in [0, 0.1) is 0 Å². The van der Waals surface area contributed by atoms with E-state index in [9.17, 15) is 0 Å². The molecule has 0 saturated carbocycles. The van der Waals surface area contributed by atoms with E-state index in [0.717, 1.165) is 0 Å². The van der Waals surface area contributed by atoms with Gasteiger partial charge in [-0.05, 0) is 25.7 Å². The topological polar surface area (TPSA) is 0 Å². The summed E-state index contributed by atoms with van der Waals surface area (Å²) in [6.45, 7) is 0. The Morgan fingerprint density at radius 1 is 0.545 bits per heavy atom. The fraction of sp³-hybridized carbons (Fsp3) is 0.500. The Morgan fingerprint density at radius 2 is 0.727 bits per heavy atom. The van der Waals surface area contributed by atoms with Crippen LogP contribution in [-0.2, 0) is 21.1 Å². The van der Waals surface area contributed by atoms with Gasteiger partial charge in [0.1, 0.15) is 0 Å². The zero-order valence-electron chi connectivity index (χ0n) is 6.21. The summed E-state index contributed by atoms with van der Waals surface area (Å²) in [5.74, 6) is 0. The summed E-state index contributed by atoms with van der Waals surface area (Å²) in [6.07, 6.45) is 14.0. The minimum atomic E-state index is 0. The molecular weight excluding hydrogens is 362 g/mol. The van der Waals surface area contributed by atoms with Crippen molar-refractivity contribution in [2.24, 2.45) is 0 Å². The third-order valence-electron chi connectivity index (χ3n) is 1.33. The van der Waals surface area contributed by atoms with Gasteiger partial charge in [-0.1, -0.05) is 24.3 Å². The van der Waals surface area contributed by atoms with Gasteiger partial charge in [-0.15, -0.1) is 0 Å². The molecule has 0 aliphatic heterocycles. The van der Waals surface area contributed by atoms with E-state index in [0.29, 0.717) is 0 Å². The molecule has 0 aromatic carbocycles. The number of allylic oxidation sites excluding steroid dienone is 4. The van der Waals surface area contributed by atoms with Crippen molar-refractivity contribution in [3.8, 4) is 0 Å². The van der Waals surface area contributed by atoms with E-state index in [2.05, 4.69) is 24.3 Å². The molecule has 11 heavy (non-hydrogen) atoms. The smallest absolute Gasteiger partial charge is 1.00 e. The standard InChI is InChI=1S/C8H12.2ClH.Pt/c1-2-4-6-8-7-5-3-1;;;/h1-2,7-8H,3-6H2;2*1H;/q;;;+2/p-2. The molecule has 3 heteroatoms. The average molecular weight is 374 g/mol. The first kappa shape index (κ1) is 17.7. The number of hydrogen-bond donors (Lipinski definition) is 0. The largest absolute Gasteiger partial charge is 2.00 e. The normalized spacial score (nSPS) is 14.5. The molecule has 0 atom stereocenters. The van der Waals surface area contributed by atoms with Crippen LogP contribution in [-0.4, -0.2) is 0 Å². The monoisotopic (exact) mass is 373 g/mol. The molecule has 0 aromatic heterocycles. The van der Waals surface area contributed by atoms with Crippen molar-refractivity contribution >= 4 is 0 Å². The molecule has 0 unspecified atom stereocenters. The number of halogens is 2. The van der Waals surface area contributed by atoms with Crippen LogP contribution >= 0.6 is 0 Å². The van der Waals surface area contributed by atoms with Gasteiger partial charge in [-0.3, -0.25) is 0 Å². The third-order valence-corrected chi connectivity index (χ3v) is 1.33. The van der Waals surface area contributed by atoms with E-state index in [1.807, 2.05) is 0 Å². The Hall–Kier alpha value is 0.748. The summed E-state index contributed by atoms with van der Waals surface area (Å²) in [6, 6.07) is 0. The molecule has 0 spiro atoms. The Morgan fingerprint density at radius 3 is 0.909 bits per heavy atom. The fourth-order valence-corrected chi connectivity index (χ4v) is 0.856. The Kier molecular flexibility index (Phi) is 21.5. The predicted molar refractivity (Wildman–Crippen MR) is 36.7 cm³/mol. The summed E-state index contributed by atoms with van der Waals surface area (Å²) in [5, 5.41) is 0. The van der Waals surface area contributed by atoms with Crippen LogP contribution in [0.4, 0.5) is 0 Å². The van der Waals surface area contributed by atoms with E-state index in [1.54, 1.807) is 0 Å². The molecule has 0 radical (unpaired) electrons. The van der Waals surface area contributed by atoms with Crippen molar-refractivity contribution in [2.75, 3.05) is 0 Å². The van der Waals surface area contributed by atoms with Crippen LogP contribution in [0.5, 0.6) is 0 Å². The van der Waals surface area contributed by atoms with Crippen molar-refractivity contribution in [3.05, 3.63) is 24.3 Å². The van der Waals surface area contributed by atoms with E-state index < -0.39 is 0 Å². The minimum Gasteiger partial charge on any atom is -1.00 e. The zero-order chi connectivity index (χ0) is 5.66. The SMILES string of the molecule is C1=CCCC=CCC1.[Cl-].[Cl-].[Pt+2]. The van der Waals surface area contributed by atoms with E-state index in [4.69, 9.17) is 0 Å². The first-order valence-electron chi connectivity index (χ1n) is 3.30. The number of rotatable bonds is 0. The molecule has 1 aliphatic carbocycles. The molecule has 68 valence electrons. The summed E-state index contributed by atoms with van der Waals surface area (Å²) >= 11 is 0. The van der Waals surface area contributed by atoms with Crippen molar-refractivity contribution in [1.29, 1.82) is 0 Å². The van der Waals surface area contributed by atoms with Gasteiger partial charge in [0.2, 0.25) is 0 Å². The van der Waals surface area contributed by atoms with Crippen LogP contribution < -0.4 is 24.8 Å². The van der Waals surface area contributed by atoms with Crippen LogP contribution in [0.15, 0.2) is 24.3 Å². The van der Waals surface area contributed by atoms with Gasteiger partial charge in [0.15, 0.2) is 0 Å². The first-order valence-corrected chi connectivity index (χ1v) is 3.30. The van der Waals surface area contributed by atoms with E-state index >= 15 is 0 Å². The molecule has 0 saturated heterocycles. The molecule has 0 fully saturated rings. The molecule has 0 aromatic rings. The molecular formula is C8H12Cl2Pt. The minimum absolute atomic E-state index is 0. The quantitative estimate of drug-likeness (QED) is 0.390. The van der Waals surface area contributed by atoms with Crippen molar-refractivity contribution < 1.29 is 45.9 Å². The van der Waals surface area contributed by atoms with Gasteiger partial charge in [-0.25, -0.2) is 0 Å². The Labute approximate surface area is 95.6 Å². The second-order valence-electron chi connectivity index (χ2n) is 2.10. The van der Waals surface area contributed by atoms with Crippen molar-refractivity contribution in [2.45, 2.75) is 25.7 Å². The van der Waals surface area contributed by atoms with Gasteiger partial charge in [0, 0.05) is 0 Å². The predicted octanol–water partition coefficient (Wildman–Crippen LogP) is -3.32. The van der Waals surface area contributed by atoms with Crippen LogP contribution in [0.3, 0.4) is 0 Å².